The number of hydrogen-bond donors (Lipinski definition) is 1. The van der Waals surface area contributed by atoms with Crippen LogP contribution in [0.5, 0.6) is 0 Å². The second-order valence-corrected chi connectivity index (χ2v) is 9.34. The molecule has 1 aliphatic heterocycles. The predicted molar refractivity (Wildman–Crippen MR) is 110 cm³/mol. The van der Waals surface area contributed by atoms with Crippen LogP contribution in [0.3, 0.4) is 0 Å². The molecule has 1 fully saturated rings. The van der Waals surface area contributed by atoms with Gasteiger partial charge in [-0.3, -0.25) is 0 Å². The molecule has 0 spiro atoms. The van der Waals surface area contributed by atoms with Crippen LogP contribution in [0.1, 0.15) is 35.0 Å². The van der Waals surface area contributed by atoms with Gasteiger partial charge in [-0.1, -0.05) is 11.3 Å². The first-order valence-electron chi connectivity index (χ1n) is 8.93. The maximum Gasteiger partial charge on any atom is 0.348 e. The average Bonchev–Trinajstić information content (AvgIpc) is 3.41. The Kier molecular flexibility index (Phi) is 6.04. The zero-order valence-electron chi connectivity index (χ0n) is 15.4. The number of aryl methyl sites for hydroxylation is 1. The van der Waals surface area contributed by atoms with E-state index in [9.17, 15) is 4.79 Å². The lowest BCUT2D eigenvalue weighted by Gasteiger charge is -2.08. The topological polar surface area (TPSA) is 99.1 Å². The summed E-state index contributed by atoms with van der Waals surface area (Å²) in [5.41, 5.74) is 0.836. The molecule has 8 nitrogen and oxygen atoms in total. The van der Waals surface area contributed by atoms with E-state index < -0.39 is 0 Å². The summed E-state index contributed by atoms with van der Waals surface area (Å²) in [5, 5.41) is 14.1. The monoisotopic (exact) mass is 437 g/mol. The molecule has 1 N–H and O–H groups in total. The molecule has 0 aliphatic carbocycles. The van der Waals surface area contributed by atoms with Crippen molar-refractivity contribution in [3.8, 4) is 0 Å². The fourth-order valence-electron chi connectivity index (χ4n) is 2.92. The summed E-state index contributed by atoms with van der Waals surface area (Å²) < 4.78 is 11.5. The number of anilines is 1. The van der Waals surface area contributed by atoms with Gasteiger partial charge < -0.3 is 14.8 Å². The van der Waals surface area contributed by atoms with E-state index in [0.717, 1.165) is 56.3 Å². The van der Waals surface area contributed by atoms with Gasteiger partial charge in [0.15, 0.2) is 4.34 Å². The Morgan fingerprint density at radius 2 is 2.29 bits per heavy atom. The zero-order valence-corrected chi connectivity index (χ0v) is 17.9. The summed E-state index contributed by atoms with van der Waals surface area (Å²) in [6, 6.07) is 0. The highest BCUT2D eigenvalue weighted by Gasteiger charge is 2.21. The first-order valence-corrected chi connectivity index (χ1v) is 11.4. The molecular formula is C17H19N5O3S3. The highest BCUT2D eigenvalue weighted by molar-refractivity contribution is 8.01. The number of esters is 1. The number of thiophene rings is 1. The largest absolute Gasteiger partial charge is 0.462 e. The summed E-state index contributed by atoms with van der Waals surface area (Å²) in [6.07, 6.45) is 3.94. The van der Waals surface area contributed by atoms with Gasteiger partial charge in [-0.25, -0.2) is 14.8 Å². The Labute approximate surface area is 174 Å². The molecular weight excluding hydrogens is 418 g/mol. The van der Waals surface area contributed by atoms with Gasteiger partial charge in [-0.15, -0.1) is 21.5 Å². The fourth-order valence-corrected chi connectivity index (χ4v) is 5.85. The molecule has 4 heterocycles. The van der Waals surface area contributed by atoms with Crippen LogP contribution in [0, 0.1) is 6.92 Å². The van der Waals surface area contributed by atoms with E-state index in [1.807, 2.05) is 6.92 Å². The van der Waals surface area contributed by atoms with Crippen LogP contribution in [0.25, 0.3) is 10.2 Å². The molecule has 0 radical (unpaired) electrons. The standard InChI is InChI=1S/C17H19N5O3S3/c1-3-24-15(23)12-9(2)11-13(26-12)19-8-20-14(11)27-17-22-21-16(28-17)18-7-10-5-4-6-25-10/h8,10H,3-7H2,1-2H3,(H,18,21). The summed E-state index contributed by atoms with van der Waals surface area (Å²) in [4.78, 5) is 22.2. The molecule has 1 unspecified atom stereocenters. The van der Waals surface area contributed by atoms with Gasteiger partial charge in [0.05, 0.1) is 12.7 Å². The minimum absolute atomic E-state index is 0.247. The SMILES string of the molecule is CCOC(=O)c1sc2ncnc(Sc3nnc(NCC4CCCO4)s3)c2c1C. The predicted octanol–water partition coefficient (Wildman–Crippen LogP) is 3.77. The first kappa shape index (κ1) is 19.5. The van der Waals surface area contributed by atoms with Crippen LogP contribution in [0.15, 0.2) is 15.7 Å². The summed E-state index contributed by atoms with van der Waals surface area (Å²) in [7, 11) is 0. The third-order valence-corrected chi connectivity index (χ3v) is 7.36. The van der Waals surface area contributed by atoms with Crippen molar-refractivity contribution in [2.24, 2.45) is 0 Å². The Morgan fingerprint density at radius 3 is 3.07 bits per heavy atom. The second-order valence-electron chi connectivity index (χ2n) is 6.13. The van der Waals surface area contributed by atoms with Crippen LogP contribution >= 0.6 is 34.4 Å². The first-order chi connectivity index (χ1) is 13.7. The molecule has 1 saturated heterocycles. The van der Waals surface area contributed by atoms with Crippen molar-refractivity contribution in [3.05, 3.63) is 16.8 Å². The molecule has 1 aliphatic rings. The number of aromatic nitrogens is 4. The van der Waals surface area contributed by atoms with E-state index in [2.05, 4.69) is 25.5 Å². The van der Waals surface area contributed by atoms with Gasteiger partial charge in [0.1, 0.15) is 21.1 Å². The fraction of sp³-hybridized carbons (Fsp3) is 0.471. The van der Waals surface area contributed by atoms with E-state index in [1.54, 1.807) is 6.92 Å². The molecule has 4 rings (SSSR count). The molecule has 11 heteroatoms. The third kappa shape index (κ3) is 4.12. The van der Waals surface area contributed by atoms with Crippen molar-refractivity contribution >= 4 is 55.8 Å². The minimum atomic E-state index is -0.324. The number of ether oxygens (including phenoxy) is 2. The Bertz CT molecular complexity index is 984. The molecule has 0 bridgehead atoms. The molecule has 1 atom stereocenters. The van der Waals surface area contributed by atoms with Gasteiger partial charge in [0, 0.05) is 18.5 Å². The maximum atomic E-state index is 12.2. The highest BCUT2D eigenvalue weighted by Crippen LogP contribution is 2.39. The van der Waals surface area contributed by atoms with Crippen LogP contribution in [0.4, 0.5) is 5.13 Å². The van der Waals surface area contributed by atoms with Gasteiger partial charge in [-0.2, -0.15) is 0 Å². The third-order valence-electron chi connectivity index (χ3n) is 4.25. The lowest BCUT2D eigenvalue weighted by atomic mass is 10.2. The van der Waals surface area contributed by atoms with Crippen LogP contribution in [0.2, 0.25) is 0 Å². The van der Waals surface area contributed by atoms with Gasteiger partial charge >= 0.3 is 5.97 Å². The van der Waals surface area contributed by atoms with E-state index >= 15 is 0 Å². The molecule has 148 valence electrons. The van der Waals surface area contributed by atoms with E-state index in [-0.39, 0.29) is 12.1 Å². The van der Waals surface area contributed by atoms with Crippen LogP contribution in [-0.2, 0) is 9.47 Å². The smallest absolute Gasteiger partial charge is 0.348 e. The summed E-state index contributed by atoms with van der Waals surface area (Å²) >= 11 is 4.22. The number of carbonyl (C=O) groups is 1. The number of nitrogens with one attached hydrogen (secondary N) is 1. The molecule has 28 heavy (non-hydrogen) atoms. The van der Waals surface area contributed by atoms with Gasteiger partial charge in [-0.05, 0) is 44.0 Å². The quantitative estimate of drug-likeness (QED) is 0.437. The normalized spacial score (nSPS) is 16.6. The Balaban J connectivity index is 1.52. The molecule has 3 aromatic rings. The van der Waals surface area contributed by atoms with Crippen molar-refractivity contribution in [1.82, 2.24) is 20.2 Å². The Hall–Kier alpha value is -1.82. The van der Waals surface area contributed by atoms with Crippen molar-refractivity contribution < 1.29 is 14.3 Å². The number of fused-ring (bicyclic) bond motifs is 1. The van der Waals surface area contributed by atoms with Crippen LogP contribution in [-0.4, -0.2) is 52.0 Å². The molecule has 0 amide bonds. The van der Waals surface area contributed by atoms with Crippen molar-refractivity contribution in [1.29, 1.82) is 0 Å². The second kappa shape index (κ2) is 8.68. The molecule has 0 saturated carbocycles. The lowest BCUT2D eigenvalue weighted by molar-refractivity contribution is 0.0531. The molecule has 3 aromatic heterocycles. The maximum absolute atomic E-state index is 12.2. The van der Waals surface area contributed by atoms with E-state index in [1.165, 1.54) is 40.8 Å². The average molecular weight is 438 g/mol. The van der Waals surface area contributed by atoms with E-state index in [0.29, 0.717) is 11.5 Å². The number of carbonyl (C=O) groups excluding carboxylic acids is 1. The van der Waals surface area contributed by atoms with Gasteiger partial charge in [0.2, 0.25) is 5.13 Å². The summed E-state index contributed by atoms with van der Waals surface area (Å²) in [6.45, 7) is 5.60. The van der Waals surface area contributed by atoms with Crippen LogP contribution < -0.4 is 5.32 Å². The van der Waals surface area contributed by atoms with Crippen molar-refractivity contribution in [3.63, 3.8) is 0 Å². The highest BCUT2D eigenvalue weighted by atomic mass is 32.2. The summed E-state index contributed by atoms with van der Waals surface area (Å²) in [5.74, 6) is -0.324. The van der Waals surface area contributed by atoms with E-state index in [4.69, 9.17) is 9.47 Å². The number of hydrogen-bond acceptors (Lipinski definition) is 11. The number of rotatable bonds is 7. The lowest BCUT2D eigenvalue weighted by Crippen LogP contribution is -2.18. The Morgan fingerprint density at radius 1 is 1.39 bits per heavy atom. The number of nitrogens with zero attached hydrogens (tertiary/aromatic N) is 4. The minimum Gasteiger partial charge on any atom is -0.462 e. The zero-order chi connectivity index (χ0) is 19.5. The van der Waals surface area contributed by atoms with Crippen molar-refractivity contribution in [2.45, 2.75) is 42.2 Å². The molecule has 0 aromatic carbocycles. The van der Waals surface area contributed by atoms with Gasteiger partial charge in [0.25, 0.3) is 0 Å². The van der Waals surface area contributed by atoms with Crippen molar-refractivity contribution in [2.75, 3.05) is 25.1 Å².